The van der Waals surface area contributed by atoms with Crippen molar-refractivity contribution in [2.45, 2.75) is 50.5 Å². The van der Waals surface area contributed by atoms with Gasteiger partial charge in [0.05, 0.1) is 13.2 Å². The molecule has 0 heterocycles. The summed E-state index contributed by atoms with van der Waals surface area (Å²) in [4.78, 5) is 0. The van der Waals surface area contributed by atoms with E-state index in [1.807, 2.05) is 0 Å². The monoisotopic (exact) mass is 246 g/mol. The highest BCUT2D eigenvalue weighted by Crippen LogP contribution is 2.50. The number of benzene rings is 1. The summed E-state index contributed by atoms with van der Waals surface area (Å²) < 4.78 is 5.38. The Labute approximate surface area is 109 Å². The SMILES string of the molecule is COc1ccc2c(c1)[C@@]1(C)CCC(O)CC1CC2. The van der Waals surface area contributed by atoms with Gasteiger partial charge in [-0.25, -0.2) is 0 Å². The van der Waals surface area contributed by atoms with E-state index >= 15 is 0 Å². The molecule has 2 aliphatic rings. The molecule has 0 aromatic heterocycles. The Hall–Kier alpha value is -1.02. The van der Waals surface area contributed by atoms with Crippen LogP contribution in [0.2, 0.25) is 0 Å². The average Bonchev–Trinajstić information content (AvgIpc) is 2.39. The van der Waals surface area contributed by atoms with Gasteiger partial charge in [0, 0.05) is 0 Å². The number of aryl methyl sites for hydroxylation is 1. The molecule has 1 saturated carbocycles. The van der Waals surface area contributed by atoms with Crippen molar-refractivity contribution in [3.63, 3.8) is 0 Å². The number of methoxy groups -OCH3 is 1. The van der Waals surface area contributed by atoms with E-state index in [1.165, 1.54) is 17.5 Å². The maximum Gasteiger partial charge on any atom is 0.119 e. The fourth-order valence-corrected chi connectivity index (χ4v) is 3.93. The topological polar surface area (TPSA) is 29.5 Å². The van der Waals surface area contributed by atoms with E-state index < -0.39 is 0 Å². The predicted octanol–water partition coefficient (Wildman–Crippen LogP) is 3.06. The van der Waals surface area contributed by atoms with Crippen LogP contribution in [-0.2, 0) is 11.8 Å². The first-order chi connectivity index (χ1) is 8.63. The number of aliphatic hydroxyl groups is 1. The molecular formula is C16H22O2. The highest BCUT2D eigenvalue weighted by atomic mass is 16.5. The summed E-state index contributed by atoms with van der Waals surface area (Å²) in [5.41, 5.74) is 3.18. The summed E-state index contributed by atoms with van der Waals surface area (Å²) in [7, 11) is 1.73. The van der Waals surface area contributed by atoms with Crippen molar-refractivity contribution in [1.82, 2.24) is 0 Å². The molecule has 0 saturated heterocycles. The number of ether oxygens (including phenoxy) is 1. The van der Waals surface area contributed by atoms with Crippen molar-refractivity contribution in [2.24, 2.45) is 5.92 Å². The zero-order valence-electron chi connectivity index (χ0n) is 11.3. The van der Waals surface area contributed by atoms with E-state index in [2.05, 4.69) is 25.1 Å². The van der Waals surface area contributed by atoms with E-state index in [0.29, 0.717) is 5.92 Å². The van der Waals surface area contributed by atoms with Gasteiger partial charge >= 0.3 is 0 Å². The van der Waals surface area contributed by atoms with Gasteiger partial charge in [-0.2, -0.15) is 0 Å². The lowest BCUT2D eigenvalue weighted by molar-refractivity contribution is 0.0483. The first-order valence-corrected chi connectivity index (χ1v) is 6.99. The first kappa shape index (κ1) is 12.0. The molecule has 2 heteroatoms. The van der Waals surface area contributed by atoms with Crippen molar-refractivity contribution in [3.8, 4) is 5.75 Å². The fraction of sp³-hybridized carbons (Fsp3) is 0.625. The lowest BCUT2D eigenvalue weighted by Gasteiger charge is -2.47. The molecule has 1 aromatic rings. The molecular weight excluding hydrogens is 224 g/mol. The summed E-state index contributed by atoms with van der Waals surface area (Å²) in [5.74, 6) is 1.59. The maximum atomic E-state index is 9.89. The van der Waals surface area contributed by atoms with Crippen LogP contribution in [0, 0.1) is 5.92 Å². The van der Waals surface area contributed by atoms with Crippen molar-refractivity contribution in [1.29, 1.82) is 0 Å². The Kier molecular flexibility index (Phi) is 2.86. The summed E-state index contributed by atoms with van der Waals surface area (Å²) in [6.07, 6.45) is 5.27. The smallest absolute Gasteiger partial charge is 0.119 e. The molecule has 2 aliphatic carbocycles. The van der Waals surface area contributed by atoms with Gasteiger partial charge in [-0.15, -0.1) is 0 Å². The number of rotatable bonds is 1. The number of fused-ring (bicyclic) bond motifs is 3. The number of aliphatic hydroxyl groups excluding tert-OH is 1. The second kappa shape index (κ2) is 4.27. The molecule has 0 radical (unpaired) electrons. The predicted molar refractivity (Wildman–Crippen MR) is 72.0 cm³/mol. The van der Waals surface area contributed by atoms with Gasteiger partial charge in [-0.3, -0.25) is 0 Å². The van der Waals surface area contributed by atoms with Gasteiger partial charge < -0.3 is 9.84 Å². The van der Waals surface area contributed by atoms with Crippen molar-refractivity contribution < 1.29 is 9.84 Å². The second-order valence-electron chi connectivity index (χ2n) is 6.10. The van der Waals surface area contributed by atoms with Gasteiger partial charge in [0.25, 0.3) is 0 Å². The minimum Gasteiger partial charge on any atom is -0.497 e. The molecule has 18 heavy (non-hydrogen) atoms. The molecule has 1 N–H and O–H groups in total. The Balaban J connectivity index is 2.04. The van der Waals surface area contributed by atoms with Gasteiger partial charge in [0.2, 0.25) is 0 Å². The van der Waals surface area contributed by atoms with Gasteiger partial charge in [-0.1, -0.05) is 13.0 Å². The largest absolute Gasteiger partial charge is 0.497 e. The van der Waals surface area contributed by atoms with E-state index in [1.54, 1.807) is 7.11 Å². The van der Waals surface area contributed by atoms with Crippen LogP contribution in [0.3, 0.4) is 0 Å². The second-order valence-corrected chi connectivity index (χ2v) is 6.10. The summed E-state index contributed by atoms with van der Waals surface area (Å²) in [5, 5.41) is 9.89. The van der Waals surface area contributed by atoms with Gasteiger partial charge in [0.1, 0.15) is 5.75 Å². The quantitative estimate of drug-likeness (QED) is 0.825. The minimum atomic E-state index is -0.0877. The third-order valence-electron chi connectivity index (χ3n) is 5.15. The van der Waals surface area contributed by atoms with Crippen molar-refractivity contribution in [2.75, 3.05) is 7.11 Å². The van der Waals surface area contributed by atoms with E-state index in [-0.39, 0.29) is 11.5 Å². The third kappa shape index (κ3) is 1.74. The molecule has 98 valence electrons. The lowest BCUT2D eigenvalue weighted by atomic mass is 9.58. The third-order valence-corrected chi connectivity index (χ3v) is 5.15. The number of hydrogen-bond acceptors (Lipinski definition) is 2. The molecule has 2 unspecified atom stereocenters. The molecule has 0 bridgehead atoms. The Morgan fingerprint density at radius 3 is 2.94 bits per heavy atom. The molecule has 2 nitrogen and oxygen atoms in total. The van der Waals surface area contributed by atoms with E-state index in [0.717, 1.165) is 31.4 Å². The van der Waals surface area contributed by atoms with Crippen LogP contribution in [0.15, 0.2) is 18.2 Å². The Morgan fingerprint density at radius 1 is 1.33 bits per heavy atom. The molecule has 0 aliphatic heterocycles. The van der Waals surface area contributed by atoms with E-state index in [9.17, 15) is 5.11 Å². The minimum absolute atomic E-state index is 0.0877. The summed E-state index contributed by atoms with van der Waals surface area (Å²) in [6, 6.07) is 6.51. The molecule has 1 aromatic carbocycles. The first-order valence-electron chi connectivity index (χ1n) is 6.99. The maximum absolute atomic E-state index is 9.89. The van der Waals surface area contributed by atoms with Gasteiger partial charge in [-0.05, 0) is 66.7 Å². The zero-order chi connectivity index (χ0) is 12.8. The number of hydrogen-bond donors (Lipinski definition) is 1. The summed E-state index contributed by atoms with van der Waals surface area (Å²) in [6.45, 7) is 2.38. The van der Waals surface area contributed by atoms with Crippen LogP contribution < -0.4 is 4.74 Å². The van der Waals surface area contributed by atoms with Crippen LogP contribution in [0.5, 0.6) is 5.75 Å². The van der Waals surface area contributed by atoms with Crippen LogP contribution in [0.4, 0.5) is 0 Å². The van der Waals surface area contributed by atoms with Gasteiger partial charge in [0.15, 0.2) is 0 Å². The molecule has 1 fully saturated rings. The van der Waals surface area contributed by atoms with Crippen molar-refractivity contribution in [3.05, 3.63) is 29.3 Å². The highest BCUT2D eigenvalue weighted by molar-refractivity contribution is 5.43. The molecule has 0 amide bonds. The fourth-order valence-electron chi connectivity index (χ4n) is 3.93. The zero-order valence-corrected chi connectivity index (χ0v) is 11.3. The molecule has 3 atom stereocenters. The average molecular weight is 246 g/mol. The summed E-state index contributed by atoms with van der Waals surface area (Å²) >= 11 is 0. The Bertz CT molecular complexity index is 454. The Morgan fingerprint density at radius 2 is 2.17 bits per heavy atom. The molecule has 0 spiro atoms. The van der Waals surface area contributed by atoms with Crippen LogP contribution in [0.25, 0.3) is 0 Å². The van der Waals surface area contributed by atoms with Crippen LogP contribution >= 0.6 is 0 Å². The lowest BCUT2D eigenvalue weighted by Crippen LogP contribution is -2.43. The molecule has 3 rings (SSSR count). The normalized spacial score (nSPS) is 34.6. The van der Waals surface area contributed by atoms with Crippen molar-refractivity contribution >= 4 is 0 Å². The van der Waals surface area contributed by atoms with Crippen LogP contribution in [-0.4, -0.2) is 18.3 Å². The van der Waals surface area contributed by atoms with Crippen LogP contribution in [0.1, 0.15) is 43.7 Å². The van der Waals surface area contributed by atoms with E-state index in [4.69, 9.17) is 4.74 Å². The highest BCUT2D eigenvalue weighted by Gasteiger charge is 2.44. The standard InChI is InChI=1S/C16H22O2/c1-16-8-7-13(17)9-12(16)5-3-11-4-6-14(18-2)10-15(11)16/h4,6,10,12-13,17H,3,5,7-9H2,1-2H3/t12?,13?,16-/m0/s1.